The molecule has 3 rings (SSSR count). The average molecular weight is 281 g/mol. The van der Waals surface area contributed by atoms with Crippen molar-refractivity contribution in [2.45, 2.75) is 31.3 Å². The zero-order valence-electron chi connectivity index (χ0n) is 11.2. The van der Waals surface area contributed by atoms with Crippen LogP contribution in [0.5, 0.6) is 5.75 Å². The normalized spacial score (nSPS) is 22.0. The van der Waals surface area contributed by atoms with Crippen LogP contribution in [0.3, 0.4) is 0 Å². The molecule has 3 nitrogen and oxygen atoms in total. The Kier molecular flexibility index (Phi) is 3.70. The van der Waals surface area contributed by atoms with Crippen LogP contribution in [0.1, 0.15) is 24.8 Å². The third-order valence-electron chi connectivity index (χ3n) is 4.41. The maximum atomic E-state index is 6.33. The van der Waals surface area contributed by atoms with Crippen LogP contribution in [0, 0.1) is 0 Å². The number of piperidine rings is 1. The molecule has 0 aliphatic carbocycles. The van der Waals surface area contributed by atoms with Gasteiger partial charge < -0.3 is 15.4 Å². The molecule has 104 valence electrons. The number of halogens is 1. The van der Waals surface area contributed by atoms with Gasteiger partial charge in [-0.15, -0.1) is 0 Å². The molecule has 0 radical (unpaired) electrons. The Morgan fingerprint density at radius 3 is 2.79 bits per heavy atom. The van der Waals surface area contributed by atoms with Crippen molar-refractivity contribution in [2.24, 2.45) is 5.73 Å². The minimum atomic E-state index is 0.0475. The van der Waals surface area contributed by atoms with Crippen molar-refractivity contribution in [2.75, 3.05) is 26.2 Å². The maximum Gasteiger partial charge on any atom is 0.123 e. The average Bonchev–Trinajstić information content (AvgIpc) is 2.42. The van der Waals surface area contributed by atoms with Crippen LogP contribution in [-0.2, 0) is 6.42 Å². The van der Waals surface area contributed by atoms with Gasteiger partial charge in [0.2, 0.25) is 0 Å². The first-order chi connectivity index (χ1) is 9.21. The minimum absolute atomic E-state index is 0.0475. The third-order valence-corrected chi connectivity index (χ3v) is 4.65. The number of benzene rings is 1. The van der Waals surface area contributed by atoms with E-state index in [-0.39, 0.29) is 5.60 Å². The Hall–Kier alpha value is -0.770. The molecule has 19 heavy (non-hydrogen) atoms. The van der Waals surface area contributed by atoms with Crippen LogP contribution < -0.4 is 10.5 Å². The second kappa shape index (κ2) is 5.31. The summed E-state index contributed by atoms with van der Waals surface area (Å²) in [4.78, 5) is 2.44. The lowest BCUT2D eigenvalue weighted by Gasteiger charge is -2.44. The molecule has 1 aromatic carbocycles. The van der Waals surface area contributed by atoms with Crippen molar-refractivity contribution in [1.29, 1.82) is 0 Å². The molecule has 2 N–H and O–H groups in total. The number of hydrogen-bond donors (Lipinski definition) is 1. The van der Waals surface area contributed by atoms with Crippen molar-refractivity contribution < 1.29 is 4.74 Å². The van der Waals surface area contributed by atoms with E-state index in [1.807, 2.05) is 18.2 Å². The van der Waals surface area contributed by atoms with Gasteiger partial charge in [-0.1, -0.05) is 11.6 Å². The molecule has 1 aromatic rings. The van der Waals surface area contributed by atoms with Crippen LogP contribution in [0.2, 0.25) is 5.02 Å². The highest BCUT2D eigenvalue weighted by molar-refractivity contribution is 6.30. The third kappa shape index (κ3) is 2.73. The van der Waals surface area contributed by atoms with E-state index in [1.165, 1.54) is 5.56 Å². The quantitative estimate of drug-likeness (QED) is 0.904. The fourth-order valence-electron chi connectivity index (χ4n) is 3.21. The number of rotatable bonds is 2. The zero-order valence-corrected chi connectivity index (χ0v) is 12.0. The second-order valence-electron chi connectivity index (χ2n) is 5.67. The molecular weight excluding hydrogens is 260 g/mol. The second-order valence-corrected chi connectivity index (χ2v) is 6.10. The van der Waals surface area contributed by atoms with Gasteiger partial charge in [0, 0.05) is 31.2 Å². The number of ether oxygens (including phenoxy) is 1. The first-order valence-corrected chi connectivity index (χ1v) is 7.48. The molecule has 1 spiro atoms. The van der Waals surface area contributed by atoms with Gasteiger partial charge in [-0.05, 0) is 49.4 Å². The Balaban J connectivity index is 1.70. The van der Waals surface area contributed by atoms with Crippen molar-refractivity contribution in [3.05, 3.63) is 28.8 Å². The Bertz CT molecular complexity index is 455. The predicted molar refractivity (Wildman–Crippen MR) is 77.9 cm³/mol. The van der Waals surface area contributed by atoms with E-state index in [2.05, 4.69) is 4.90 Å². The van der Waals surface area contributed by atoms with Crippen molar-refractivity contribution in [3.63, 3.8) is 0 Å². The standard InChI is InChI=1S/C15H21ClN2O/c16-13-1-2-14-12(11-13)3-4-15(19-14)5-8-18(9-6-15)10-7-17/h1-2,11H,3-10,17H2. The van der Waals surface area contributed by atoms with E-state index in [1.54, 1.807) is 0 Å². The Morgan fingerprint density at radius 1 is 1.26 bits per heavy atom. The molecule has 0 amide bonds. The van der Waals surface area contributed by atoms with Gasteiger partial charge in [-0.3, -0.25) is 0 Å². The maximum absolute atomic E-state index is 6.33. The van der Waals surface area contributed by atoms with Gasteiger partial charge in [0.15, 0.2) is 0 Å². The molecule has 1 saturated heterocycles. The summed E-state index contributed by atoms with van der Waals surface area (Å²) < 4.78 is 6.33. The molecule has 2 aliphatic heterocycles. The molecule has 2 heterocycles. The molecule has 2 aliphatic rings. The van der Waals surface area contributed by atoms with Gasteiger partial charge >= 0.3 is 0 Å². The molecule has 0 atom stereocenters. The molecule has 0 aromatic heterocycles. The van der Waals surface area contributed by atoms with E-state index in [9.17, 15) is 0 Å². The molecule has 0 bridgehead atoms. The number of likely N-dealkylation sites (tertiary alicyclic amines) is 1. The number of fused-ring (bicyclic) bond motifs is 1. The van der Waals surface area contributed by atoms with Gasteiger partial charge in [0.25, 0.3) is 0 Å². The van der Waals surface area contributed by atoms with Gasteiger partial charge in [-0.2, -0.15) is 0 Å². The summed E-state index contributed by atoms with van der Waals surface area (Å²) in [5.41, 5.74) is 6.92. The fraction of sp³-hybridized carbons (Fsp3) is 0.600. The fourth-order valence-corrected chi connectivity index (χ4v) is 3.40. The number of nitrogens with zero attached hydrogens (tertiary/aromatic N) is 1. The zero-order chi connectivity index (χ0) is 13.3. The summed E-state index contributed by atoms with van der Waals surface area (Å²) in [6.07, 6.45) is 4.40. The first-order valence-electron chi connectivity index (χ1n) is 7.11. The minimum Gasteiger partial charge on any atom is -0.487 e. The van der Waals surface area contributed by atoms with E-state index in [4.69, 9.17) is 22.1 Å². The number of aryl methyl sites for hydroxylation is 1. The Labute approximate surface area is 119 Å². The monoisotopic (exact) mass is 280 g/mol. The van der Waals surface area contributed by atoms with Crippen LogP contribution in [0.25, 0.3) is 0 Å². The summed E-state index contributed by atoms with van der Waals surface area (Å²) in [5, 5.41) is 0.802. The summed E-state index contributed by atoms with van der Waals surface area (Å²) in [6.45, 7) is 3.94. The molecule has 0 saturated carbocycles. The van der Waals surface area contributed by atoms with Gasteiger partial charge in [-0.25, -0.2) is 0 Å². The lowest BCUT2D eigenvalue weighted by molar-refractivity contribution is -0.0137. The SMILES string of the molecule is NCCN1CCC2(CCc3cc(Cl)ccc3O2)CC1. The van der Waals surface area contributed by atoms with Crippen LogP contribution in [0.15, 0.2) is 18.2 Å². The highest BCUT2D eigenvalue weighted by Crippen LogP contribution is 2.40. The van der Waals surface area contributed by atoms with Gasteiger partial charge in [0.1, 0.15) is 11.4 Å². The smallest absolute Gasteiger partial charge is 0.123 e. The first kappa shape index (κ1) is 13.2. The highest BCUT2D eigenvalue weighted by Gasteiger charge is 2.39. The highest BCUT2D eigenvalue weighted by atomic mass is 35.5. The summed E-state index contributed by atoms with van der Waals surface area (Å²) in [5.74, 6) is 1.03. The molecular formula is C15H21ClN2O. The topological polar surface area (TPSA) is 38.5 Å². The van der Waals surface area contributed by atoms with Crippen LogP contribution >= 0.6 is 11.6 Å². The largest absolute Gasteiger partial charge is 0.487 e. The molecule has 1 fully saturated rings. The van der Waals surface area contributed by atoms with E-state index < -0.39 is 0 Å². The van der Waals surface area contributed by atoms with Crippen molar-refractivity contribution in [1.82, 2.24) is 4.90 Å². The van der Waals surface area contributed by atoms with E-state index in [0.717, 1.165) is 62.6 Å². The van der Waals surface area contributed by atoms with Crippen LogP contribution in [0.4, 0.5) is 0 Å². The number of hydrogen-bond acceptors (Lipinski definition) is 3. The van der Waals surface area contributed by atoms with Crippen molar-refractivity contribution in [3.8, 4) is 5.75 Å². The molecule has 0 unspecified atom stereocenters. The Morgan fingerprint density at radius 2 is 2.05 bits per heavy atom. The van der Waals surface area contributed by atoms with Crippen LogP contribution in [-0.4, -0.2) is 36.7 Å². The summed E-state index contributed by atoms with van der Waals surface area (Å²) in [7, 11) is 0. The number of nitrogens with two attached hydrogens (primary N) is 1. The predicted octanol–water partition coefficient (Wildman–Crippen LogP) is 2.46. The lowest BCUT2D eigenvalue weighted by Crippen LogP contribution is -2.50. The van der Waals surface area contributed by atoms with Gasteiger partial charge in [0.05, 0.1) is 0 Å². The van der Waals surface area contributed by atoms with E-state index in [0.29, 0.717) is 0 Å². The summed E-state index contributed by atoms with van der Waals surface area (Å²) in [6, 6.07) is 5.97. The van der Waals surface area contributed by atoms with Crippen molar-refractivity contribution >= 4 is 11.6 Å². The van der Waals surface area contributed by atoms with E-state index >= 15 is 0 Å². The lowest BCUT2D eigenvalue weighted by atomic mass is 9.83. The summed E-state index contributed by atoms with van der Waals surface area (Å²) >= 11 is 6.03. The molecule has 4 heteroatoms.